The van der Waals surface area contributed by atoms with Crippen LogP contribution in [0.3, 0.4) is 0 Å². The first-order chi connectivity index (χ1) is 8.27. The molecule has 2 heterocycles. The van der Waals surface area contributed by atoms with E-state index < -0.39 is 5.82 Å². The molecule has 0 atom stereocenters. The summed E-state index contributed by atoms with van der Waals surface area (Å²) in [4.78, 5) is 15.4. The predicted octanol–water partition coefficient (Wildman–Crippen LogP) is 2.13. The molecule has 1 aliphatic heterocycles. The van der Waals surface area contributed by atoms with Crippen molar-refractivity contribution in [3.05, 3.63) is 53.6 Å². The second-order valence-electron chi connectivity index (χ2n) is 3.87. The average Bonchev–Trinajstić information content (AvgIpc) is 2.74. The summed E-state index contributed by atoms with van der Waals surface area (Å²) in [5.41, 5.74) is 2.70. The Morgan fingerprint density at radius 1 is 1.18 bits per heavy atom. The molecular formula is C13H9FN2O. The number of amides is 1. The Morgan fingerprint density at radius 2 is 1.94 bits per heavy atom. The molecule has 0 unspecified atom stereocenters. The number of fused-ring (bicyclic) bond motifs is 1. The minimum atomic E-state index is -0.465. The van der Waals surface area contributed by atoms with Crippen molar-refractivity contribution in [3.63, 3.8) is 0 Å². The van der Waals surface area contributed by atoms with Crippen LogP contribution in [0.25, 0.3) is 11.1 Å². The second-order valence-corrected chi connectivity index (χ2v) is 3.87. The smallest absolute Gasteiger partial charge is 0.254 e. The molecule has 1 aromatic carbocycles. The van der Waals surface area contributed by atoms with E-state index >= 15 is 0 Å². The topological polar surface area (TPSA) is 42.0 Å². The number of pyridine rings is 1. The van der Waals surface area contributed by atoms with Crippen LogP contribution >= 0.6 is 0 Å². The largest absolute Gasteiger partial charge is 0.348 e. The van der Waals surface area contributed by atoms with E-state index in [1.165, 1.54) is 6.07 Å². The third-order valence-electron chi connectivity index (χ3n) is 2.91. The first kappa shape index (κ1) is 9.96. The van der Waals surface area contributed by atoms with Gasteiger partial charge in [0.1, 0.15) is 5.82 Å². The van der Waals surface area contributed by atoms with Crippen molar-refractivity contribution in [1.29, 1.82) is 0 Å². The van der Waals surface area contributed by atoms with E-state index in [9.17, 15) is 9.18 Å². The maximum Gasteiger partial charge on any atom is 0.254 e. The summed E-state index contributed by atoms with van der Waals surface area (Å²) in [6, 6.07) is 6.72. The minimum Gasteiger partial charge on any atom is -0.348 e. The van der Waals surface area contributed by atoms with Crippen LogP contribution < -0.4 is 5.32 Å². The van der Waals surface area contributed by atoms with E-state index in [2.05, 4.69) is 10.3 Å². The third kappa shape index (κ3) is 1.49. The zero-order valence-electron chi connectivity index (χ0n) is 8.90. The van der Waals surface area contributed by atoms with Crippen LogP contribution in [0.4, 0.5) is 4.39 Å². The van der Waals surface area contributed by atoms with Crippen LogP contribution in [0, 0.1) is 5.82 Å². The molecular weight excluding hydrogens is 219 g/mol. The number of hydrogen-bond acceptors (Lipinski definition) is 2. The number of rotatable bonds is 1. The van der Waals surface area contributed by atoms with E-state index in [0.29, 0.717) is 6.54 Å². The van der Waals surface area contributed by atoms with E-state index in [1.54, 1.807) is 18.5 Å². The summed E-state index contributed by atoms with van der Waals surface area (Å²) in [5.74, 6) is -0.804. The Morgan fingerprint density at radius 3 is 2.71 bits per heavy atom. The van der Waals surface area contributed by atoms with Crippen molar-refractivity contribution in [3.8, 4) is 11.1 Å². The Balaban J connectivity index is 2.24. The fourth-order valence-electron chi connectivity index (χ4n) is 2.11. The summed E-state index contributed by atoms with van der Waals surface area (Å²) in [5, 5.41) is 2.64. The zero-order valence-corrected chi connectivity index (χ0v) is 8.90. The molecule has 2 aromatic rings. The van der Waals surface area contributed by atoms with Crippen LogP contribution in [-0.2, 0) is 6.54 Å². The van der Waals surface area contributed by atoms with Gasteiger partial charge in [-0.25, -0.2) is 4.39 Å². The highest BCUT2D eigenvalue weighted by molar-refractivity contribution is 6.00. The van der Waals surface area contributed by atoms with Crippen molar-refractivity contribution in [2.75, 3.05) is 0 Å². The van der Waals surface area contributed by atoms with Gasteiger partial charge < -0.3 is 5.32 Å². The monoisotopic (exact) mass is 228 g/mol. The highest BCUT2D eigenvalue weighted by Gasteiger charge is 2.25. The van der Waals surface area contributed by atoms with E-state index in [-0.39, 0.29) is 11.5 Å². The number of hydrogen-bond donors (Lipinski definition) is 1. The molecule has 84 valence electrons. The predicted molar refractivity (Wildman–Crippen MR) is 60.8 cm³/mol. The molecule has 0 radical (unpaired) electrons. The highest BCUT2D eigenvalue weighted by Crippen LogP contribution is 2.30. The lowest BCUT2D eigenvalue weighted by Gasteiger charge is -2.07. The van der Waals surface area contributed by atoms with Crippen LogP contribution in [0.5, 0.6) is 0 Å². The van der Waals surface area contributed by atoms with E-state index in [4.69, 9.17) is 0 Å². The van der Waals surface area contributed by atoms with Gasteiger partial charge in [0.2, 0.25) is 0 Å². The van der Waals surface area contributed by atoms with E-state index in [1.807, 2.05) is 12.1 Å². The molecule has 4 heteroatoms. The zero-order chi connectivity index (χ0) is 11.8. The number of aromatic nitrogens is 1. The van der Waals surface area contributed by atoms with Crippen LogP contribution in [-0.4, -0.2) is 10.9 Å². The number of benzene rings is 1. The molecule has 3 nitrogen and oxygen atoms in total. The van der Waals surface area contributed by atoms with Gasteiger partial charge in [-0.3, -0.25) is 9.78 Å². The standard InChI is InChI=1S/C13H9FN2O/c14-11-2-1-9(8-3-5-15-6-4-8)10-7-16-13(17)12(10)11/h1-6H,7H2,(H,16,17). The lowest BCUT2D eigenvalue weighted by Crippen LogP contribution is -2.13. The molecule has 3 rings (SSSR count). The van der Waals surface area contributed by atoms with Crippen molar-refractivity contribution in [2.24, 2.45) is 0 Å². The summed E-state index contributed by atoms with van der Waals surface area (Å²) in [7, 11) is 0. The summed E-state index contributed by atoms with van der Waals surface area (Å²) in [6.07, 6.45) is 3.35. The second kappa shape index (κ2) is 3.66. The Hall–Kier alpha value is -2.23. The van der Waals surface area contributed by atoms with Crippen LogP contribution in [0.2, 0.25) is 0 Å². The maximum absolute atomic E-state index is 13.6. The van der Waals surface area contributed by atoms with Crippen molar-refractivity contribution < 1.29 is 9.18 Å². The number of carbonyl (C=O) groups is 1. The molecule has 1 N–H and O–H groups in total. The van der Waals surface area contributed by atoms with Gasteiger partial charge in [-0.15, -0.1) is 0 Å². The van der Waals surface area contributed by atoms with Gasteiger partial charge in [0, 0.05) is 18.9 Å². The molecule has 0 spiro atoms. The Kier molecular flexibility index (Phi) is 2.14. The number of nitrogens with one attached hydrogen (secondary N) is 1. The van der Waals surface area contributed by atoms with Gasteiger partial charge in [0.15, 0.2) is 0 Å². The Bertz CT molecular complexity index is 596. The van der Waals surface area contributed by atoms with Gasteiger partial charge in [-0.1, -0.05) is 6.07 Å². The lowest BCUT2D eigenvalue weighted by molar-refractivity contribution is 0.0962. The fourth-order valence-corrected chi connectivity index (χ4v) is 2.11. The molecule has 1 aliphatic rings. The van der Waals surface area contributed by atoms with Gasteiger partial charge in [-0.05, 0) is 34.9 Å². The molecule has 1 amide bonds. The number of halogens is 1. The van der Waals surface area contributed by atoms with Crippen molar-refractivity contribution in [2.45, 2.75) is 6.54 Å². The SMILES string of the molecule is O=C1NCc2c(-c3ccncc3)ccc(F)c21. The molecule has 0 saturated heterocycles. The third-order valence-corrected chi connectivity index (χ3v) is 2.91. The summed E-state index contributed by atoms with van der Waals surface area (Å²) < 4.78 is 13.6. The van der Waals surface area contributed by atoms with Gasteiger partial charge in [0.25, 0.3) is 5.91 Å². The summed E-state index contributed by atoms with van der Waals surface area (Å²) in [6.45, 7) is 0.379. The quantitative estimate of drug-likeness (QED) is 0.812. The van der Waals surface area contributed by atoms with Gasteiger partial charge in [-0.2, -0.15) is 0 Å². The molecule has 1 aromatic heterocycles. The fraction of sp³-hybridized carbons (Fsp3) is 0.0769. The molecule has 0 aliphatic carbocycles. The van der Waals surface area contributed by atoms with Gasteiger partial charge in [0.05, 0.1) is 5.56 Å². The number of nitrogens with zero attached hydrogens (tertiary/aromatic N) is 1. The maximum atomic E-state index is 13.6. The van der Waals surface area contributed by atoms with Crippen molar-refractivity contribution in [1.82, 2.24) is 10.3 Å². The van der Waals surface area contributed by atoms with Crippen molar-refractivity contribution >= 4 is 5.91 Å². The van der Waals surface area contributed by atoms with Gasteiger partial charge >= 0.3 is 0 Å². The first-order valence-corrected chi connectivity index (χ1v) is 5.27. The van der Waals surface area contributed by atoms with E-state index in [0.717, 1.165) is 16.7 Å². The average molecular weight is 228 g/mol. The minimum absolute atomic E-state index is 0.166. The lowest BCUT2D eigenvalue weighted by atomic mass is 9.97. The molecule has 0 saturated carbocycles. The molecule has 0 bridgehead atoms. The summed E-state index contributed by atoms with van der Waals surface area (Å²) >= 11 is 0. The molecule has 17 heavy (non-hydrogen) atoms. The normalized spacial score (nSPS) is 13.4. The van der Waals surface area contributed by atoms with Crippen LogP contribution in [0.1, 0.15) is 15.9 Å². The molecule has 0 fully saturated rings. The highest BCUT2D eigenvalue weighted by atomic mass is 19.1. The van der Waals surface area contributed by atoms with Crippen LogP contribution in [0.15, 0.2) is 36.7 Å². The number of carbonyl (C=O) groups excluding carboxylic acids is 1. The Labute approximate surface area is 97.3 Å². The first-order valence-electron chi connectivity index (χ1n) is 5.27.